The van der Waals surface area contributed by atoms with Crippen LogP contribution in [0.4, 0.5) is 0 Å². The molecule has 0 fully saturated rings. The van der Waals surface area contributed by atoms with Crippen LogP contribution in [0.2, 0.25) is 0 Å². The summed E-state index contributed by atoms with van der Waals surface area (Å²) in [6.07, 6.45) is 1.86. The quantitative estimate of drug-likeness (QED) is 0.619. The van der Waals surface area contributed by atoms with Crippen molar-refractivity contribution >= 4 is 0 Å². The molecule has 1 aromatic rings. The average Bonchev–Trinajstić information content (AvgIpc) is 2.03. The normalized spacial score (nSPS) is 14.3. The summed E-state index contributed by atoms with van der Waals surface area (Å²) >= 11 is 0. The number of pyridine rings is 1. The van der Waals surface area contributed by atoms with E-state index >= 15 is 0 Å². The fraction of sp³-hybridized carbons (Fsp3) is 0.545. The van der Waals surface area contributed by atoms with Crippen LogP contribution in [-0.4, -0.2) is 4.98 Å². The molecule has 0 saturated carbocycles. The van der Waals surface area contributed by atoms with Gasteiger partial charge >= 0.3 is 0 Å². The maximum Gasteiger partial charge on any atom is 0.0436 e. The summed E-state index contributed by atoms with van der Waals surface area (Å²) in [6, 6.07) is 6.10. The number of hydrogen-bond donors (Lipinski definition) is 0. The molecular formula is C11H17N. The van der Waals surface area contributed by atoms with Gasteiger partial charge in [0.1, 0.15) is 0 Å². The molecular weight excluding hydrogens is 146 g/mol. The zero-order valence-corrected chi connectivity index (χ0v) is 8.33. The Kier molecular flexibility index (Phi) is 2.51. The Morgan fingerprint density at radius 3 is 2.33 bits per heavy atom. The summed E-state index contributed by atoms with van der Waals surface area (Å²) in [5.41, 5.74) is 1.49. The molecule has 0 aromatic carbocycles. The Balaban J connectivity index is 2.86. The highest BCUT2D eigenvalue weighted by molar-refractivity contribution is 5.10. The standard InChI is InChI=1S/C11H17N/c1-9(11(2,3)4)10-7-5-6-8-12-10/h5-9H,1-4H3/t9-/m1/s1. The third-order valence-electron chi connectivity index (χ3n) is 2.43. The Morgan fingerprint density at radius 2 is 1.92 bits per heavy atom. The maximum absolute atomic E-state index is 4.35. The molecule has 0 N–H and O–H groups in total. The smallest absolute Gasteiger partial charge is 0.0436 e. The Hall–Kier alpha value is -0.850. The number of rotatable bonds is 1. The van der Waals surface area contributed by atoms with E-state index in [4.69, 9.17) is 0 Å². The van der Waals surface area contributed by atoms with E-state index in [2.05, 4.69) is 38.7 Å². The highest BCUT2D eigenvalue weighted by Crippen LogP contribution is 2.32. The summed E-state index contributed by atoms with van der Waals surface area (Å²) in [7, 11) is 0. The number of aromatic nitrogens is 1. The highest BCUT2D eigenvalue weighted by Gasteiger charge is 2.21. The van der Waals surface area contributed by atoms with Crippen LogP contribution in [0.5, 0.6) is 0 Å². The lowest BCUT2D eigenvalue weighted by Gasteiger charge is -2.26. The molecule has 1 heterocycles. The highest BCUT2D eigenvalue weighted by atomic mass is 14.7. The van der Waals surface area contributed by atoms with Gasteiger partial charge in [-0.25, -0.2) is 0 Å². The molecule has 0 spiro atoms. The van der Waals surface area contributed by atoms with Crippen molar-refractivity contribution in [1.29, 1.82) is 0 Å². The third-order valence-corrected chi connectivity index (χ3v) is 2.43. The Morgan fingerprint density at radius 1 is 1.25 bits per heavy atom. The van der Waals surface area contributed by atoms with Crippen LogP contribution in [0.25, 0.3) is 0 Å². The molecule has 1 aromatic heterocycles. The summed E-state index contributed by atoms with van der Waals surface area (Å²) in [4.78, 5) is 4.35. The molecule has 1 nitrogen and oxygen atoms in total. The fourth-order valence-corrected chi connectivity index (χ4v) is 1.08. The predicted molar refractivity (Wildman–Crippen MR) is 52.1 cm³/mol. The van der Waals surface area contributed by atoms with Crippen molar-refractivity contribution in [2.24, 2.45) is 5.41 Å². The summed E-state index contributed by atoms with van der Waals surface area (Å²) < 4.78 is 0. The van der Waals surface area contributed by atoms with E-state index in [0.29, 0.717) is 11.3 Å². The monoisotopic (exact) mass is 163 g/mol. The molecule has 12 heavy (non-hydrogen) atoms. The van der Waals surface area contributed by atoms with Crippen LogP contribution in [0.1, 0.15) is 39.3 Å². The van der Waals surface area contributed by atoms with E-state index in [1.807, 2.05) is 18.3 Å². The predicted octanol–water partition coefficient (Wildman–Crippen LogP) is 3.23. The number of hydrogen-bond acceptors (Lipinski definition) is 1. The molecule has 0 unspecified atom stereocenters. The van der Waals surface area contributed by atoms with Gasteiger partial charge in [-0.15, -0.1) is 0 Å². The topological polar surface area (TPSA) is 12.9 Å². The van der Waals surface area contributed by atoms with E-state index < -0.39 is 0 Å². The van der Waals surface area contributed by atoms with Gasteiger partial charge < -0.3 is 0 Å². The lowest BCUT2D eigenvalue weighted by Crippen LogP contribution is -2.16. The second-order valence-corrected chi connectivity index (χ2v) is 4.34. The fourth-order valence-electron chi connectivity index (χ4n) is 1.08. The van der Waals surface area contributed by atoms with Gasteiger partial charge in [-0.2, -0.15) is 0 Å². The van der Waals surface area contributed by atoms with Crippen LogP contribution in [0.15, 0.2) is 24.4 Å². The molecule has 0 radical (unpaired) electrons. The first-order valence-electron chi connectivity index (χ1n) is 4.43. The van der Waals surface area contributed by atoms with Gasteiger partial charge in [0.25, 0.3) is 0 Å². The molecule has 0 aliphatic rings. The van der Waals surface area contributed by atoms with Gasteiger partial charge in [-0.05, 0) is 17.5 Å². The minimum absolute atomic E-state index is 0.300. The molecule has 0 amide bonds. The van der Waals surface area contributed by atoms with Gasteiger partial charge in [0.2, 0.25) is 0 Å². The minimum atomic E-state index is 0.300. The van der Waals surface area contributed by atoms with E-state index in [9.17, 15) is 0 Å². The van der Waals surface area contributed by atoms with E-state index in [1.54, 1.807) is 0 Å². The van der Waals surface area contributed by atoms with Crippen molar-refractivity contribution in [2.45, 2.75) is 33.6 Å². The van der Waals surface area contributed by atoms with E-state index in [-0.39, 0.29) is 0 Å². The van der Waals surface area contributed by atoms with Crippen molar-refractivity contribution in [2.75, 3.05) is 0 Å². The zero-order valence-electron chi connectivity index (χ0n) is 8.33. The van der Waals surface area contributed by atoms with Crippen LogP contribution < -0.4 is 0 Å². The summed E-state index contributed by atoms with van der Waals surface area (Å²) in [5.74, 6) is 0.513. The molecule has 0 aliphatic carbocycles. The van der Waals surface area contributed by atoms with Crippen molar-refractivity contribution in [1.82, 2.24) is 4.98 Å². The Labute approximate surface area is 74.8 Å². The van der Waals surface area contributed by atoms with Crippen molar-refractivity contribution in [3.05, 3.63) is 30.1 Å². The lowest BCUT2D eigenvalue weighted by molar-refractivity contribution is 0.334. The minimum Gasteiger partial charge on any atom is -0.261 e. The van der Waals surface area contributed by atoms with E-state index in [1.165, 1.54) is 5.69 Å². The SMILES string of the molecule is C[C@H](c1ccccn1)C(C)(C)C. The molecule has 1 atom stereocenters. The molecule has 0 aliphatic heterocycles. The zero-order chi connectivity index (χ0) is 9.19. The molecule has 66 valence electrons. The first-order valence-corrected chi connectivity index (χ1v) is 4.43. The summed E-state index contributed by atoms with van der Waals surface area (Å²) in [6.45, 7) is 8.95. The Bertz CT molecular complexity index is 233. The largest absolute Gasteiger partial charge is 0.261 e. The summed E-state index contributed by atoms with van der Waals surface area (Å²) in [5, 5.41) is 0. The lowest BCUT2D eigenvalue weighted by atomic mass is 9.80. The average molecular weight is 163 g/mol. The molecule has 1 rings (SSSR count). The maximum atomic E-state index is 4.35. The van der Waals surface area contributed by atoms with Gasteiger partial charge in [0.05, 0.1) is 0 Å². The van der Waals surface area contributed by atoms with Crippen LogP contribution >= 0.6 is 0 Å². The molecule has 0 bridgehead atoms. The first-order chi connectivity index (χ1) is 5.52. The van der Waals surface area contributed by atoms with Gasteiger partial charge in [-0.3, -0.25) is 4.98 Å². The van der Waals surface area contributed by atoms with Crippen LogP contribution in [0, 0.1) is 5.41 Å². The van der Waals surface area contributed by atoms with Crippen molar-refractivity contribution in [3.63, 3.8) is 0 Å². The van der Waals surface area contributed by atoms with Gasteiger partial charge in [0, 0.05) is 17.8 Å². The third kappa shape index (κ3) is 2.07. The molecule has 0 saturated heterocycles. The van der Waals surface area contributed by atoms with Crippen molar-refractivity contribution < 1.29 is 0 Å². The van der Waals surface area contributed by atoms with Crippen LogP contribution in [-0.2, 0) is 0 Å². The van der Waals surface area contributed by atoms with Gasteiger partial charge in [-0.1, -0.05) is 33.8 Å². The number of nitrogens with zero attached hydrogens (tertiary/aromatic N) is 1. The van der Waals surface area contributed by atoms with E-state index in [0.717, 1.165) is 0 Å². The van der Waals surface area contributed by atoms with Gasteiger partial charge in [0.15, 0.2) is 0 Å². The molecule has 1 heteroatoms. The van der Waals surface area contributed by atoms with Crippen LogP contribution in [0.3, 0.4) is 0 Å². The second-order valence-electron chi connectivity index (χ2n) is 4.34. The second kappa shape index (κ2) is 3.26. The first kappa shape index (κ1) is 9.24. The van der Waals surface area contributed by atoms with Crippen molar-refractivity contribution in [3.8, 4) is 0 Å².